The van der Waals surface area contributed by atoms with Crippen molar-refractivity contribution in [3.8, 4) is 0 Å². The molecule has 0 aliphatic heterocycles. The minimum absolute atomic E-state index is 0.782. The number of aromatic nitrogens is 2. The molecule has 0 saturated carbocycles. The number of likely N-dealkylation sites (N-methyl/N-ethyl adjacent to an activating group) is 1. The number of nitrogens with one attached hydrogen (secondary N) is 1. The molecule has 16 heavy (non-hydrogen) atoms. The zero-order valence-corrected chi connectivity index (χ0v) is 10.7. The van der Waals surface area contributed by atoms with E-state index >= 15 is 0 Å². The molecule has 0 saturated heterocycles. The summed E-state index contributed by atoms with van der Waals surface area (Å²) >= 11 is 0. The van der Waals surface area contributed by atoms with Crippen LogP contribution in [0.3, 0.4) is 0 Å². The maximum absolute atomic E-state index is 6.00. The Morgan fingerprint density at radius 1 is 1.44 bits per heavy atom. The second-order valence-electron chi connectivity index (χ2n) is 4.01. The lowest BCUT2D eigenvalue weighted by Crippen LogP contribution is -2.25. The van der Waals surface area contributed by atoms with Crippen LogP contribution < -0.4 is 11.1 Å². The highest BCUT2D eigenvalue weighted by Crippen LogP contribution is 2.21. The molecule has 92 valence electrons. The molecule has 5 heteroatoms. The Morgan fingerprint density at radius 3 is 2.62 bits per heavy atom. The van der Waals surface area contributed by atoms with Crippen molar-refractivity contribution >= 4 is 11.5 Å². The van der Waals surface area contributed by atoms with Crippen LogP contribution in [0.25, 0.3) is 0 Å². The number of nitrogen functional groups attached to an aromatic ring is 1. The van der Waals surface area contributed by atoms with Crippen LogP contribution in [0.2, 0.25) is 0 Å². The van der Waals surface area contributed by atoms with E-state index in [4.69, 9.17) is 5.73 Å². The van der Waals surface area contributed by atoms with E-state index in [1.54, 1.807) is 0 Å². The van der Waals surface area contributed by atoms with Crippen LogP contribution in [0, 0.1) is 0 Å². The summed E-state index contributed by atoms with van der Waals surface area (Å²) in [7, 11) is 4.02. The van der Waals surface area contributed by atoms with Crippen molar-refractivity contribution in [2.45, 2.75) is 20.3 Å². The first kappa shape index (κ1) is 12.8. The van der Waals surface area contributed by atoms with Gasteiger partial charge in [0.05, 0.1) is 11.4 Å². The minimum Gasteiger partial charge on any atom is -0.394 e. The summed E-state index contributed by atoms with van der Waals surface area (Å²) in [6, 6.07) is 0. The molecule has 0 fully saturated rings. The van der Waals surface area contributed by atoms with Crippen molar-refractivity contribution in [2.24, 2.45) is 7.05 Å². The van der Waals surface area contributed by atoms with Gasteiger partial charge in [0.15, 0.2) is 0 Å². The van der Waals surface area contributed by atoms with Crippen LogP contribution in [0.1, 0.15) is 19.5 Å². The quantitative estimate of drug-likeness (QED) is 0.756. The third-order valence-electron chi connectivity index (χ3n) is 2.82. The molecule has 0 atom stereocenters. The number of aryl methyl sites for hydroxylation is 2. The molecular weight excluding hydrogens is 202 g/mol. The molecule has 1 rings (SSSR count). The van der Waals surface area contributed by atoms with Crippen molar-refractivity contribution in [3.63, 3.8) is 0 Å². The van der Waals surface area contributed by atoms with Crippen molar-refractivity contribution in [1.82, 2.24) is 14.7 Å². The van der Waals surface area contributed by atoms with E-state index in [9.17, 15) is 0 Å². The number of anilines is 2. The molecule has 0 aliphatic carbocycles. The van der Waals surface area contributed by atoms with Gasteiger partial charge in [-0.1, -0.05) is 13.8 Å². The molecule has 0 radical (unpaired) electrons. The van der Waals surface area contributed by atoms with E-state index < -0.39 is 0 Å². The van der Waals surface area contributed by atoms with Gasteiger partial charge >= 0.3 is 0 Å². The second-order valence-corrected chi connectivity index (χ2v) is 4.01. The zero-order valence-electron chi connectivity index (χ0n) is 10.7. The minimum atomic E-state index is 0.782. The Bertz CT molecular complexity index is 331. The molecule has 0 unspecified atom stereocenters. The van der Waals surface area contributed by atoms with E-state index in [1.165, 1.54) is 0 Å². The number of hydrogen-bond acceptors (Lipinski definition) is 4. The van der Waals surface area contributed by atoms with Gasteiger partial charge in [0.1, 0.15) is 5.82 Å². The molecule has 0 aliphatic rings. The first-order valence-corrected chi connectivity index (χ1v) is 5.83. The van der Waals surface area contributed by atoms with E-state index in [0.29, 0.717) is 0 Å². The van der Waals surface area contributed by atoms with Gasteiger partial charge in [-0.15, -0.1) is 0 Å². The lowest BCUT2D eigenvalue weighted by Gasteiger charge is -2.14. The van der Waals surface area contributed by atoms with Crippen LogP contribution in [-0.4, -0.2) is 41.4 Å². The van der Waals surface area contributed by atoms with Crippen LogP contribution in [0.4, 0.5) is 11.5 Å². The summed E-state index contributed by atoms with van der Waals surface area (Å²) in [6.07, 6.45) is 0.871. The number of nitrogens with two attached hydrogens (primary N) is 1. The molecule has 0 amide bonds. The summed E-state index contributed by atoms with van der Waals surface area (Å²) in [4.78, 5) is 2.25. The van der Waals surface area contributed by atoms with Crippen molar-refractivity contribution in [1.29, 1.82) is 0 Å². The van der Waals surface area contributed by atoms with E-state index in [-0.39, 0.29) is 0 Å². The maximum atomic E-state index is 6.00. The fourth-order valence-corrected chi connectivity index (χ4v) is 1.59. The first-order valence-electron chi connectivity index (χ1n) is 5.83. The zero-order chi connectivity index (χ0) is 12.1. The first-order chi connectivity index (χ1) is 7.60. The molecule has 3 N–H and O–H groups in total. The van der Waals surface area contributed by atoms with E-state index in [2.05, 4.69) is 36.2 Å². The lowest BCUT2D eigenvalue weighted by molar-refractivity contribution is 0.367. The van der Waals surface area contributed by atoms with Crippen LogP contribution in [-0.2, 0) is 13.5 Å². The topological polar surface area (TPSA) is 59.1 Å². The van der Waals surface area contributed by atoms with Crippen molar-refractivity contribution in [2.75, 3.05) is 37.7 Å². The second kappa shape index (κ2) is 5.75. The highest BCUT2D eigenvalue weighted by Gasteiger charge is 2.10. The van der Waals surface area contributed by atoms with Gasteiger partial charge in [-0.05, 0) is 20.0 Å². The maximum Gasteiger partial charge on any atom is 0.147 e. The monoisotopic (exact) mass is 225 g/mol. The highest BCUT2D eigenvalue weighted by molar-refractivity contribution is 5.64. The fourth-order valence-electron chi connectivity index (χ4n) is 1.59. The van der Waals surface area contributed by atoms with Crippen LogP contribution in [0.15, 0.2) is 0 Å². The summed E-state index contributed by atoms with van der Waals surface area (Å²) in [5.41, 5.74) is 7.75. The fraction of sp³-hybridized carbons (Fsp3) is 0.727. The molecular formula is C11H23N5. The Labute approximate surface area is 97.6 Å². The third kappa shape index (κ3) is 2.88. The Kier molecular flexibility index (Phi) is 4.61. The summed E-state index contributed by atoms with van der Waals surface area (Å²) in [5.74, 6) is 0.932. The van der Waals surface area contributed by atoms with Gasteiger partial charge in [0.2, 0.25) is 0 Å². The predicted octanol–water partition coefficient (Wildman–Crippen LogP) is 0.928. The van der Waals surface area contributed by atoms with Crippen molar-refractivity contribution < 1.29 is 0 Å². The third-order valence-corrected chi connectivity index (χ3v) is 2.82. The molecule has 1 aromatic heterocycles. The van der Waals surface area contributed by atoms with Gasteiger partial charge < -0.3 is 16.0 Å². The molecule has 1 aromatic rings. The molecule has 5 nitrogen and oxygen atoms in total. The average Bonchev–Trinajstić information content (AvgIpc) is 2.55. The smallest absolute Gasteiger partial charge is 0.147 e. The molecule has 0 spiro atoms. The van der Waals surface area contributed by atoms with Gasteiger partial charge in [-0.3, -0.25) is 4.68 Å². The molecule has 1 heterocycles. The number of rotatable bonds is 6. The highest BCUT2D eigenvalue weighted by atomic mass is 15.3. The predicted molar refractivity (Wildman–Crippen MR) is 68.7 cm³/mol. The summed E-state index contributed by atoms with van der Waals surface area (Å²) in [6.45, 7) is 7.16. The largest absolute Gasteiger partial charge is 0.394 e. The Hall–Kier alpha value is -1.23. The van der Waals surface area contributed by atoms with E-state index in [0.717, 1.165) is 43.3 Å². The van der Waals surface area contributed by atoms with Crippen molar-refractivity contribution in [3.05, 3.63) is 5.69 Å². The summed E-state index contributed by atoms with van der Waals surface area (Å²) < 4.78 is 1.82. The Balaban J connectivity index is 2.56. The van der Waals surface area contributed by atoms with Gasteiger partial charge in [-0.2, -0.15) is 5.10 Å². The molecule has 0 bridgehead atoms. The Morgan fingerprint density at radius 2 is 2.12 bits per heavy atom. The molecule has 0 aromatic carbocycles. The normalized spacial score (nSPS) is 11.1. The van der Waals surface area contributed by atoms with Crippen LogP contribution >= 0.6 is 0 Å². The van der Waals surface area contributed by atoms with E-state index in [1.807, 2.05) is 11.7 Å². The SMILES string of the molecule is CCc1nn(C)c(NCCN(C)CC)c1N. The van der Waals surface area contributed by atoms with Gasteiger partial charge in [0.25, 0.3) is 0 Å². The van der Waals surface area contributed by atoms with Crippen LogP contribution in [0.5, 0.6) is 0 Å². The lowest BCUT2D eigenvalue weighted by atomic mass is 10.3. The number of hydrogen-bond donors (Lipinski definition) is 2. The van der Waals surface area contributed by atoms with Gasteiger partial charge in [0, 0.05) is 20.1 Å². The standard InChI is InChI=1S/C11H23N5/c1-5-9-10(12)11(16(4)14-9)13-7-8-15(3)6-2/h13H,5-8,12H2,1-4H3. The number of nitrogens with zero attached hydrogens (tertiary/aromatic N) is 3. The summed E-state index contributed by atoms with van der Waals surface area (Å²) in [5, 5.41) is 7.70. The van der Waals surface area contributed by atoms with Gasteiger partial charge in [-0.25, -0.2) is 0 Å². The average molecular weight is 225 g/mol.